The van der Waals surface area contributed by atoms with E-state index in [0.717, 1.165) is 11.8 Å². The highest BCUT2D eigenvalue weighted by Gasteiger charge is 2.26. The number of rotatable bonds is 6. The molecule has 3 amide bonds. The quantitative estimate of drug-likeness (QED) is 0.606. The third-order valence-electron chi connectivity index (χ3n) is 4.09. The molecule has 1 heterocycles. The topological polar surface area (TPSA) is 88.9 Å². The second kappa shape index (κ2) is 9.33. The van der Waals surface area contributed by atoms with E-state index in [1.165, 1.54) is 6.07 Å². The number of benzene rings is 2. The van der Waals surface area contributed by atoms with Gasteiger partial charge in [0.15, 0.2) is 11.0 Å². The predicted molar refractivity (Wildman–Crippen MR) is 109 cm³/mol. The summed E-state index contributed by atoms with van der Waals surface area (Å²) >= 11 is 1.13. The van der Waals surface area contributed by atoms with Crippen LogP contribution in [0.1, 0.15) is 17.7 Å². The summed E-state index contributed by atoms with van der Waals surface area (Å²) in [7, 11) is 1.70. The molecule has 3 rings (SSSR count). The first-order chi connectivity index (χ1) is 14.0. The molecule has 150 valence electrons. The van der Waals surface area contributed by atoms with E-state index in [1.54, 1.807) is 48.9 Å². The Morgan fingerprint density at radius 2 is 1.79 bits per heavy atom. The molecule has 0 fully saturated rings. The van der Waals surface area contributed by atoms with E-state index in [2.05, 4.69) is 20.8 Å². The maximum atomic E-state index is 14.1. The van der Waals surface area contributed by atoms with Gasteiger partial charge in [0.05, 0.1) is 5.56 Å². The van der Waals surface area contributed by atoms with Crippen molar-refractivity contribution in [2.24, 2.45) is 7.05 Å². The average molecular weight is 413 g/mol. The van der Waals surface area contributed by atoms with Crippen LogP contribution in [0.5, 0.6) is 0 Å². The Kier molecular flexibility index (Phi) is 6.61. The van der Waals surface area contributed by atoms with Gasteiger partial charge in [-0.3, -0.25) is 10.1 Å². The van der Waals surface area contributed by atoms with Crippen molar-refractivity contribution in [2.45, 2.75) is 17.3 Å². The van der Waals surface area contributed by atoms with Crippen LogP contribution in [0.3, 0.4) is 0 Å². The summed E-state index contributed by atoms with van der Waals surface area (Å²) in [6, 6.07) is 14.8. The number of thioether (sulfide) groups is 1. The lowest BCUT2D eigenvalue weighted by molar-refractivity contribution is -0.119. The van der Waals surface area contributed by atoms with Gasteiger partial charge in [0.25, 0.3) is 0 Å². The molecule has 0 aliphatic carbocycles. The molecule has 7 nitrogen and oxygen atoms in total. The van der Waals surface area contributed by atoms with Gasteiger partial charge >= 0.3 is 6.03 Å². The molecule has 2 N–H and O–H groups in total. The van der Waals surface area contributed by atoms with Gasteiger partial charge in [-0.25, -0.2) is 9.18 Å². The van der Waals surface area contributed by atoms with Crippen molar-refractivity contribution in [2.75, 3.05) is 6.54 Å². The monoisotopic (exact) mass is 413 g/mol. The number of aromatic nitrogens is 3. The number of nitrogens with one attached hydrogen (secondary N) is 2. The minimum atomic E-state index is -0.741. The van der Waals surface area contributed by atoms with Crippen LogP contribution in [0.4, 0.5) is 9.18 Å². The molecule has 0 saturated carbocycles. The maximum Gasteiger partial charge on any atom is 0.321 e. The molecule has 0 unspecified atom stereocenters. The summed E-state index contributed by atoms with van der Waals surface area (Å²) in [5, 5.41) is 12.8. The third kappa shape index (κ3) is 4.80. The van der Waals surface area contributed by atoms with Gasteiger partial charge in [0, 0.05) is 13.6 Å². The number of halogens is 1. The van der Waals surface area contributed by atoms with Crippen LogP contribution in [0, 0.1) is 5.82 Å². The summed E-state index contributed by atoms with van der Waals surface area (Å²) in [4.78, 5) is 24.6. The number of carbonyl (C=O) groups is 2. The first-order valence-electron chi connectivity index (χ1n) is 8.95. The van der Waals surface area contributed by atoms with E-state index in [-0.39, 0.29) is 0 Å². The van der Waals surface area contributed by atoms with Crippen molar-refractivity contribution in [1.82, 2.24) is 25.4 Å². The van der Waals surface area contributed by atoms with Crippen molar-refractivity contribution in [3.63, 3.8) is 0 Å². The lowest BCUT2D eigenvalue weighted by atomic mass is 10.1. The Balaban J connectivity index is 1.90. The predicted octanol–water partition coefficient (Wildman–Crippen LogP) is 3.30. The second-order valence-corrected chi connectivity index (χ2v) is 7.17. The van der Waals surface area contributed by atoms with E-state index in [9.17, 15) is 14.0 Å². The lowest BCUT2D eigenvalue weighted by Gasteiger charge is -2.16. The molecule has 0 bridgehead atoms. The standard InChI is InChI=1S/C20H20FN5O2S/c1-3-22-19(28)23-18(27)16(13-9-5-4-6-10-13)29-20-25-24-17(26(20)2)14-11-7-8-12-15(14)21/h4-12,16H,3H2,1-2H3,(H2,22,23,27,28)/t16-/m1/s1. The van der Waals surface area contributed by atoms with E-state index in [0.29, 0.717) is 28.7 Å². The van der Waals surface area contributed by atoms with Crippen molar-refractivity contribution in [1.29, 1.82) is 0 Å². The Labute approximate surface area is 171 Å². The Bertz CT molecular complexity index is 1010. The molecule has 1 atom stereocenters. The van der Waals surface area contributed by atoms with Gasteiger partial charge in [-0.05, 0) is 24.6 Å². The van der Waals surface area contributed by atoms with Crippen LogP contribution in [-0.4, -0.2) is 33.2 Å². The van der Waals surface area contributed by atoms with Gasteiger partial charge < -0.3 is 9.88 Å². The van der Waals surface area contributed by atoms with Crippen molar-refractivity contribution in [3.8, 4) is 11.4 Å². The van der Waals surface area contributed by atoms with E-state index < -0.39 is 23.0 Å². The molecule has 0 saturated heterocycles. The highest BCUT2D eigenvalue weighted by Crippen LogP contribution is 2.35. The summed E-state index contributed by atoms with van der Waals surface area (Å²) in [6.07, 6.45) is 0. The summed E-state index contributed by atoms with van der Waals surface area (Å²) in [6.45, 7) is 2.16. The average Bonchev–Trinajstić information content (AvgIpc) is 3.07. The Hall–Kier alpha value is -3.20. The minimum Gasteiger partial charge on any atom is -0.338 e. The number of imide groups is 1. The molecule has 0 spiro atoms. The van der Waals surface area contributed by atoms with Crippen LogP contribution in [0.25, 0.3) is 11.4 Å². The van der Waals surface area contributed by atoms with E-state index >= 15 is 0 Å². The first kappa shape index (κ1) is 20.5. The fourth-order valence-corrected chi connectivity index (χ4v) is 3.69. The third-order valence-corrected chi connectivity index (χ3v) is 5.38. The fourth-order valence-electron chi connectivity index (χ4n) is 2.68. The van der Waals surface area contributed by atoms with Crippen LogP contribution >= 0.6 is 11.8 Å². The molecule has 0 aliphatic rings. The summed E-state index contributed by atoms with van der Waals surface area (Å²) in [5.74, 6) is -0.544. The molecule has 3 aromatic rings. The van der Waals surface area contributed by atoms with Crippen LogP contribution in [0.15, 0.2) is 59.8 Å². The van der Waals surface area contributed by atoms with Gasteiger partial charge in [-0.1, -0.05) is 54.2 Å². The number of hydrogen-bond donors (Lipinski definition) is 2. The molecule has 9 heteroatoms. The van der Waals surface area contributed by atoms with Crippen molar-refractivity contribution < 1.29 is 14.0 Å². The SMILES string of the molecule is CCNC(=O)NC(=O)[C@H](Sc1nnc(-c2ccccc2F)n1C)c1ccccc1. The number of hydrogen-bond acceptors (Lipinski definition) is 5. The normalized spacial score (nSPS) is 11.7. The Morgan fingerprint density at radius 1 is 1.10 bits per heavy atom. The lowest BCUT2D eigenvalue weighted by Crippen LogP contribution is -2.41. The molecule has 29 heavy (non-hydrogen) atoms. The van der Waals surface area contributed by atoms with Crippen LogP contribution < -0.4 is 10.6 Å². The van der Waals surface area contributed by atoms with Gasteiger partial charge in [-0.15, -0.1) is 10.2 Å². The van der Waals surface area contributed by atoms with Crippen LogP contribution in [-0.2, 0) is 11.8 Å². The number of nitrogens with zero attached hydrogens (tertiary/aromatic N) is 3. The second-order valence-electron chi connectivity index (χ2n) is 6.10. The molecule has 0 aliphatic heterocycles. The van der Waals surface area contributed by atoms with Gasteiger partial charge in [-0.2, -0.15) is 0 Å². The van der Waals surface area contributed by atoms with Crippen molar-refractivity contribution in [3.05, 3.63) is 66.0 Å². The number of amides is 3. The van der Waals surface area contributed by atoms with E-state index in [4.69, 9.17) is 0 Å². The summed E-state index contributed by atoms with van der Waals surface area (Å²) < 4.78 is 15.8. The fraction of sp³-hybridized carbons (Fsp3) is 0.200. The maximum absolute atomic E-state index is 14.1. The zero-order valence-corrected chi connectivity index (χ0v) is 16.7. The Morgan fingerprint density at radius 3 is 2.48 bits per heavy atom. The molecular weight excluding hydrogens is 393 g/mol. The summed E-state index contributed by atoms with van der Waals surface area (Å²) in [5.41, 5.74) is 1.02. The molecule has 0 radical (unpaired) electrons. The smallest absolute Gasteiger partial charge is 0.321 e. The number of carbonyl (C=O) groups excluding carboxylic acids is 2. The van der Waals surface area contributed by atoms with Crippen LogP contribution in [0.2, 0.25) is 0 Å². The van der Waals surface area contributed by atoms with Crippen molar-refractivity contribution >= 4 is 23.7 Å². The minimum absolute atomic E-state index is 0.317. The van der Waals surface area contributed by atoms with Gasteiger partial charge in [0.2, 0.25) is 5.91 Å². The largest absolute Gasteiger partial charge is 0.338 e. The zero-order chi connectivity index (χ0) is 20.8. The molecule has 1 aromatic heterocycles. The molecule has 2 aromatic carbocycles. The van der Waals surface area contributed by atoms with Gasteiger partial charge in [0.1, 0.15) is 11.1 Å². The first-order valence-corrected chi connectivity index (χ1v) is 9.83. The highest BCUT2D eigenvalue weighted by atomic mass is 32.2. The molecular formula is C20H20FN5O2S. The van der Waals surface area contributed by atoms with E-state index in [1.807, 2.05) is 18.2 Å². The number of urea groups is 1. The highest BCUT2D eigenvalue weighted by molar-refractivity contribution is 8.00. The zero-order valence-electron chi connectivity index (χ0n) is 15.9.